The highest BCUT2D eigenvalue weighted by atomic mass is 35.5. The zero-order chi connectivity index (χ0) is 12.3. The summed E-state index contributed by atoms with van der Waals surface area (Å²) in [4.78, 5) is 4.06. The average Bonchev–Trinajstić information content (AvgIpc) is 2.14. The Balaban J connectivity index is 0. The first-order valence-electron chi connectivity index (χ1n) is 4.72. The molecular formula is C10H15Cl2F3N2O. The number of halogens is 5. The van der Waals surface area contributed by atoms with E-state index in [9.17, 15) is 13.2 Å². The summed E-state index contributed by atoms with van der Waals surface area (Å²) in [5.41, 5.74) is 6.62. The Morgan fingerprint density at radius 1 is 1.33 bits per heavy atom. The van der Waals surface area contributed by atoms with Crippen LogP contribution in [0.2, 0.25) is 0 Å². The van der Waals surface area contributed by atoms with Gasteiger partial charge in [0.2, 0.25) is 0 Å². The third kappa shape index (κ3) is 6.28. The van der Waals surface area contributed by atoms with Crippen molar-refractivity contribution in [1.29, 1.82) is 0 Å². The van der Waals surface area contributed by atoms with Gasteiger partial charge in [0.1, 0.15) is 5.75 Å². The second kappa shape index (κ2) is 7.66. The number of hydrogen-bond acceptors (Lipinski definition) is 3. The van der Waals surface area contributed by atoms with Gasteiger partial charge < -0.3 is 10.5 Å². The van der Waals surface area contributed by atoms with E-state index in [1.165, 1.54) is 6.07 Å². The zero-order valence-electron chi connectivity index (χ0n) is 9.82. The van der Waals surface area contributed by atoms with Crippen LogP contribution in [0, 0.1) is 6.92 Å². The van der Waals surface area contributed by atoms with Crippen molar-refractivity contribution in [3.8, 4) is 5.75 Å². The van der Waals surface area contributed by atoms with E-state index in [2.05, 4.69) is 9.72 Å². The molecule has 0 aliphatic heterocycles. The lowest BCUT2D eigenvalue weighted by Crippen LogP contribution is -2.21. The van der Waals surface area contributed by atoms with E-state index in [-0.39, 0.29) is 30.6 Å². The molecule has 1 rings (SSSR count). The van der Waals surface area contributed by atoms with Gasteiger partial charge in [0.15, 0.2) is 6.61 Å². The third-order valence-electron chi connectivity index (χ3n) is 1.85. The molecule has 8 heteroatoms. The predicted octanol–water partition coefficient (Wildman–Crippen LogP) is 3.19. The molecule has 1 aromatic rings. The second-order valence-electron chi connectivity index (χ2n) is 3.53. The molecule has 0 saturated carbocycles. The fourth-order valence-corrected chi connectivity index (χ4v) is 1.17. The first kappa shape index (κ1) is 19.6. The Hall–Kier alpha value is -0.720. The largest absolute Gasteiger partial charge is 0.482 e. The summed E-state index contributed by atoms with van der Waals surface area (Å²) in [5, 5.41) is 0. The summed E-state index contributed by atoms with van der Waals surface area (Å²) in [5.74, 6) is 0.0814. The molecule has 0 aliphatic rings. The highest BCUT2D eigenvalue weighted by Gasteiger charge is 2.29. The van der Waals surface area contributed by atoms with E-state index in [1.54, 1.807) is 19.9 Å². The molecule has 2 N–H and O–H groups in total. The van der Waals surface area contributed by atoms with Gasteiger partial charge in [0.05, 0.1) is 5.69 Å². The van der Waals surface area contributed by atoms with Gasteiger partial charge in [-0.1, -0.05) is 0 Å². The maximum atomic E-state index is 12.0. The van der Waals surface area contributed by atoms with Crippen LogP contribution < -0.4 is 10.5 Å². The molecule has 1 aromatic heterocycles. The lowest BCUT2D eigenvalue weighted by Gasteiger charge is -2.14. The van der Waals surface area contributed by atoms with Crippen molar-refractivity contribution in [2.45, 2.75) is 26.1 Å². The standard InChI is InChI=1S/C10H13F3N2O.2ClH/c1-6-3-4-8(9(15-6)7(2)14)16-5-10(11,12)13;;/h3-4,7H,5,14H2,1-2H3;2*1H/t7-;;/m1../s1. The van der Waals surface area contributed by atoms with E-state index in [0.717, 1.165) is 0 Å². The highest BCUT2D eigenvalue weighted by Crippen LogP contribution is 2.24. The van der Waals surface area contributed by atoms with Gasteiger partial charge in [-0.2, -0.15) is 13.2 Å². The zero-order valence-corrected chi connectivity index (χ0v) is 11.5. The van der Waals surface area contributed by atoms with Crippen LogP contribution in [-0.2, 0) is 0 Å². The van der Waals surface area contributed by atoms with Crippen LogP contribution in [0.25, 0.3) is 0 Å². The van der Waals surface area contributed by atoms with Crippen LogP contribution in [0.15, 0.2) is 12.1 Å². The number of pyridine rings is 1. The van der Waals surface area contributed by atoms with Crippen molar-refractivity contribution in [2.24, 2.45) is 5.73 Å². The molecule has 1 heterocycles. The minimum atomic E-state index is -4.36. The summed E-state index contributed by atoms with van der Waals surface area (Å²) >= 11 is 0. The molecule has 0 unspecified atom stereocenters. The topological polar surface area (TPSA) is 48.1 Å². The minimum Gasteiger partial charge on any atom is -0.482 e. The number of hydrogen-bond donors (Lipinski definition) is 1. The first-order valence-corrected chi connectivity index (χ1v) is 4.72. The Bertz CT molecular complexity index is 373. The average molecular weight is 307 g/mol. The molecule has 106 valence electrons. The Morgan fingerprint density at radius 3 is 2.33 bits per heavy atom. The predicted molar refractivity (Wildman–Crippen MR) is 67.6 cm³/mol. The van der Waals surface area contributed by atoms with Crippen LogP contribution in [0.5, 0.6) is 5.75 Å². The van der Waals surface area contributed by atoms with Gasteiger partial charge >= 0.3 is 6.18 Å². The molecule has 0 aromatic carbocycles. The van der Waals surface area contributed by atoms with Crippen molar-refractivity contribution in [3.05, 3.63) is 23.5 Å². The summed E-state index contributed by atoms with van der Waals surface area (Å²) in [7, 11) is 0. The molecule has 3 nitrogen and oxygen atoms in total. The summed E-state index contributed by atoms with van der Waals surface area (Å²) in [6.07, 6.45) is -4.36. The van der Waals surface area contributed by atoms with Crippen LogP contribution in [0.1, 0.15) is 24.4 Å². The Kier molecular flexibility index (Phi) is 8.34. The van der Waals surface area contributed by atoms with Gasteiger partial charge in [0, 0.05) is 11.7 Å². The monoisotopic (exact) mass is 306 g/mol. The molecular weight excluding hydrogens is 292 g/mol. The van der Waals surface area contributed by atoms with Crippen LogP contribution in [-0.4, -0.2) is 17.8 Å². The molecule has 0 saturated heterocycles. The van der Waals surface area contributed by atoms with Gasteiger partial charge in [-0.3, -0.25) is 4.98 Å². The second-order valence-corrected chi connectivity index (χ2v) is 3.53. The molecule has 0 spiro atoms. The van der Waals surface area contributed by atoms with Crippen LogP contribution in [0.3, 0.4) is 0 Å². The fraction of sp³-hybridized carbons (Fsp3) is 0.500. The molecule has 18 heavy (non-hydrogen) atoms. The van der Waals surface area contributed by atoms with E-state index < -0.39 is 18.8 Å². The van der Waals surface area contributed by atoms with Crippen molar-refractivity contribution in [1.82, 2.24) is 4.98 Å². The van der Waals surface area contributed by atoms with Gasteiger partial charge in [0.25, 0.3) is 0 Å². The lowest BCUT2D eigenvalue weighted by molar-refractivity contribution is -0.153. The van der Waals surface area contributed by atoms with Crippen molar-refractivity contribution < 1.29 is 17.9 Å². The van der Waals surface area contributed by atoms with Crippen LogP contribution >= 0.6 is 24.8 Å². The number of aryl methyl sites for hydroxylation is 1. The van der Waals surface area contributed by atoms with Crippen LogP contribution in [0.4, 0.5) is 13.2 Å². The van der Waals surface area contributed by atoms with Crippen molar-refractivity contribution in [3.63, 3.8) is 0 Å². The normalized spacial score (nSPS) is 12.1. The maximum absolute atomic E-state index is 12.0. The number of rotatable bonds is 3. The quantitative estimate of drug-likeness (QED) is 0.933. The number of nitrogens with zero attached hydrogens (tertiary/aromatic N) is 1. The Morgan fingerprint density at radius 2 is 1.89 bits per heavy atom. The molecule has 0 amide bonds. The summed E-state index contributed by atoms with van der Waals surface area (Å²) in [6, 6.07) is 2.56. The highest BCUT2D eigenvalue weighted by molar-refractivity contribution is 5.85. The minimum absolute atomic E-state index is 0. The number of alkyl halides is 3. The third-order valence-corrected chi connectivity index (χ3v) is 1.85. The van der Waals surface area contributed by atoms with E-state index in [4.69, 9.17) is 5.73 Å². The number of ether oxygens (including phenoxy) is 1. The van der Waals surface area contributed by atoms with E-state index >= 15 is 0 Å². The van der Waals surface area contributed by atoms with Gasteiger partial charge in [-0.25, -0.2) is 0 Å². The van der Waals surface area contributed by atoms with Crippen molar-refractivity contribution in [2.75, 3.05) is 6.61 Å². The van der Waals surface area contributed by atoms with E-state index in [1.807, 2.05) is 0 Å². The maximum Gasteiger partial charge on any atom is 0.422 e. The van der Waals surface area contributed by atoms with Gasteiger partial charge in [-0.05, 0) is 26.0 Å². The molecule has 0 radical (unpaired) electrons. The molecule has 0 aliphatic carbocycles. The number of aromatic nitrogens is 1. The van der Waals surface area contributed by atoms with Crippen molar-refractivity contribution >= 4 is 24.8 Å². The first-order chi connectivity index (χ1) is 7.29. The summed E-state index contributed by atoms with van der Waals surface area (Å²) in [6.45, 7) is 2.04. The SMILES string of the molecule is Cc1ccc(OCC(F)(F)F)c([C@@H](C)N)n1.Cl.Cl. The Labute approximate surface area is 116 Å². The summed E-state index contributed by atoms with van der Waals surface area (Å²) < 4.78 is 40.6. The molecule has 0 fully saturated rings. The van der Waals surface area contributed by atoms with Gasteiger partial charge in [-0.15, -0.1) is 24.8 Å². The smallest absolute Gasteiger partial charge is 0.422 e. The molecule has 0 bridgehead atoms. The molecule has 1 atom stereocenters. The van der Waals surface area contributed by atoms with E-state index in [0.29, 0.717) is 11.4 Å². The fourth-order valence-electron chi connectivity index (χ4n) is 1.17. The number of nitrogens with two attached hydrogens (primary N) is 1. The lowest BCUT2D eigenvalue weighted by atomic mass is 10.2.